The maximum absolute atomic E-state index is 10.9. The van der Waals surface area contributed by atoms with Gasteiger partial charge in [-0.2, -0.15) is 5.10 Å². The maximum atomic E-state index is 10.9. The van der Waals surface area contributed by atoms with Gasteiger partial charge < -0.3 is 5.73 Å². The van der Waals surface area contributed by atoms with Crippen molar-refractivity contribution in [3.63, 3.8) is 0 Å². The molecule has 2 aromatic rings. The summed E-state index contributed by atoms with van der Waals surface area (Å²) >= 11 is 3.34. The lowest BCUT2D eigenvalue weighted by atomic mass is 10.2. The van der Waals surface area contributed by atoms with Crippen LogP contribution in [0.1, 0.15) is 20.7 Å². The van der Waals surface area contributed by atoms with E-state index >= 15 is 0 Å². The molecule has 2 N–H and O–H groups in total. The number of nitrogens with zero attached hydrogens (tertiary/aromatic N) is 2. The minimum absolute atomic E-state index is 0.330. The Kier molecular flexibility index (Phi) is 3.06. The van der Waals surface area contributed by atoms with Crippen molar-refractivity contribution >= 4 is 28.1 Å². The molecule has 1 heterocycles. The number of carbonyl (C=O) groups excluding carboxylic acids is 2. The molecule has 1 aromatic heterocycles. The van der Waals surface area contributed by atoms with Gasteiger partial charge in [0, 0.05) is 16.2 Å². The number of carbonyl (C=O) groups is 2. The predicted octanol–water partition coefficient (Wildman–Crippen LogP) is 1.55. The fraction of sp³-hybridized carbons (Fsp3) is 0. The molecular weight excluding hydrogens is 286 g/mol. The number of aldehydes is 1. The van der Waals surface area contributed by atoms with Crippen molar-refractivity contribution in [2.24, 2.45) is 5.73 Å². The van der Waals surface area contributed by atoms with Gasteiger partial charge in [0.15, 0.2) is 0 Å². The number of halogens is 1. The van der Waals surface area contributed by atoms with Crippen molar-refractivity contribution in [3.05, 3.63) is 46.2 Å². The first-order valence-corrected chi connectivity index (χ1v) is 5.50. The molecule has 0 bridgehead atoms. The third-order valence-electron chi connectivity index (χ3n) is 2.22. The summed E-state index contributed by atoms with van der Waals surface area (Å²) in [6, 6.07) is 5.07. The zero-order valence-corrected chi connectivity index (χ0v) is 10.2. The monoisotopic (exact) mass is 293 g/mol. The Hall–Kier alpha value is -1.95. The molecule has 0 saturated heterocycles. The van der Waals surface area contributed by atoms with E-state index in [0.717, 1.165) is 12.0 Å². The number of primary amides is 1. The summed E-state index contributed by atoms with van der Waals surface area (Å²) in [5.74, 6) is -0.531. The second kappa shape index (κ2) is 4.50. The van der Waals surface area contributed by atoms with Gasteiger partial charge in [0.25, 0.3) is 5.91 Å². The smallest absolute Gasteiger partial charge is 0.251 e. The molecule has 0 radical (unpaired) electrons. The largest absolute Gasteiger partial charge is 0.366 e. The van der Waals surface area contributed by atoms with E-state index in [0.29, 0.717) is 15.6 Å². The fourth-order valence-electron chi connectivity index (χ4n) is 1.36. The van der Waals surface area contributed by atoms with E-state index in [9.17, 15) is 9.59 Å². The summed E-state index contributed by atoms with van der Waals surface area (Å²) in [7, 11) is 0. The van der Waals surface area contributed by atoms with Crippen LogP contribution in [-0.4, -0.2) is 22.0 Å². The summed E-state index contributed by atoms with van der Waals surface area (Å²) in [5.41, 5.74) is 6.75. The highest BCUT2D eigenvalue weighted by Gasteiger charge is 2.08. The average molecular weight is 294 g/mol. The van der Waals surface area contributed by atoms with Crippen LogP contribution >= 0.6 is 15.9 Å². The third kappa shape index (κ3) is 2.26. The summed E-state index contributed by atoms with van der Waals surface area (Å²) in [6.45, 7) is 0. The van der Waals surface area contributed by atoms with Gasteiger partial charge in [-0.1, -0.05) is 0 Å². The first kappa shape index (κ1) is 11.5. The highest BCUT2D eigenvalue weighted by molar-refractivity contribution is 9.10. The Morgan fingerprint density at radius 3 is 2.76 bits per heavy atom. The van der Waals surface area contributed by atoms with E-state index in [-0.39, 0.29) is 0 Å². The number of hydrogen-bond donors (Lipinski definition) is 1. The van der Waals surface area contributed by atoms with Crippen LogP contribution in [0, 0.1) is 0 Å². The van der Waals surface area contributed by atoms with Gasteiger partial charge in [-0.15, -0.1) is 0 Å². The average Bonchev–Trinajstić information content (AvgIpc) is 2.78. The molecule has 0 saturated carbocycles. The van der Waals surface area contributed by atoms with E-state index in [4.69, 9.17) is 5.73 Å². The molecule has 0 aliphatic heterocycles. The number of amides is 1. The van der Waals surface area contributed by atoms with E-state index < -0.39 is 5.91 Å². The lowest BCUT2D eigenvalue weighted by Crippen LogP contribution is -2.09. The van der Waals surface area contributed by atoms with Crippen molar-refractivity contribution in [2.75, 3.05) is 0 Å². The maximum Gasteiger partial charge on any atom is 0.251 e. The number of nitrogens with two attached hydrogens (primary N) is 1. The third-order valence-corrected chi connectivity index (χ3v) is 2.86. The van der Waals surface area contributed by atoms with Crippen LogP contribution in [0.15, 0.2) is 35.1 Å². The lowest BCUT2D eigenvalue weighted by molar-refractivity contribution is 0.1000. The van der Waals surface area contributed by atoms with Crippen molar-refractivity contribution in [2.45, 2.75) is 0 Å². The molecule has 0 aliphatic carbocycles. The Bertz CT molecular complexity index is 592. The highest BCUT2D eigenvalue weighted by Crippen LogP contribution is 2.21. The molecular formula is C11H8BrN3O2. The standard InChI is InChI=1S/C11H8BrN3O2/c12-9-3-7(6-16)1-2-10(9)15-5-8(4-14-15)11(13)17/h1-6H,(H2,13,17). The summed E-state index contributed by atoms with van der Waals surface area (Å²) in [5, 5.41) is 4.02. The van der Waals surface area contributed by atoms with E-state index in [1.165, 1.54) is 17.1 Å². The normalized spacial score (nSPS) is 10.2. The van der Waals surface area contributed by atoms with Gasteiger partial charge in [0.2, 0.25) is 0 Å². The minimum atomic E-state index is -0.531. The minimum Gasteiger partial charge on any atom is -0.366 e. The van der Waals surface area contributed by atoms with Crippen LogP contribution in [0.3, 0.4) is 0 Å². The lowest BCUT2D eigenvalue weighted by Gasteiger charge is -2.04. The van der Waals surface area contributed by atoms with Gasteiger partial charge >= 0.3 is 0 Å². The van der Waals surface area contributed by atoms with Crippen molar-refractivity contribution in [1.29, 1.82) is 0 Å². The second-order valence-electron chi connectivity index (χ2n) is 3.37. The number of benzene rings is 1. The quantitative estimate of drug-likeness (QED) is 0.872. The molecule has 0 spiro atoms. The molecule has 0 fully saturated rings. The highest BCUT2D eigenvalue weighted by atomic mass is 79.9. The van der Waals surface area contributed by atoms with Crippen LogP contribution in [0.25, 0.3) is 5.69 Å². The first-order valence-electron chi connectivity index (χ1n) is 4.71. The molecule has 0 unspecified atom stereocenters. The van der Waals surface area contributed by atoms with Crippen LogP contribution in [0.4, 0.5) is 0 Å². The Labute approximate surface area is 105 Å². The molecule has 6 heteroatoms. The molecule has 0 atom stereocenters. The Morgan fingerprint density at radius 1 is 1.47 bits per heavy atom. The molecule has 86 valence electrons. The van der Waals surface area contributed by atoms with E-state index in [1.807, 2.05) is 0 Å². The van der Waals surface area contributed by atoms with Crippen molar-refractivity contribution in [3.8, 4) is 5.69 Å². The van der Waals surface area contributed by atoms with E-state index in [2.05, 4.69) is 21.0 Å². The molecule has 5 nitrogen and oxygen atoms in total. The zero-order chi connectivity index (χ0) is 12.4. The predicted molar refractivity (Wildman–Crippen MR) is 65.2 cm³/mol. The topological polar surface area (TPSA) is 78.0 Å². The Balaban J connectivity index is 2.45. The molecule has 0 aliphatic rings. The first-order chi connectivity index (χ1) is 8.11. The van der Waals surface area contributed by atoms with Crippen LogP contribution in [-0.2, 0) is 0 Å². The summed E-state index contributed by atoms with van der Waals surface area (Å²) in [6.07, 6.45) is 3.68. The van der Waals surface area contributed by atoms with Crippen LogP contribution in [0.2, 0.25) is 0 Å². The Morgan fingerprint density at radius 2 is 2.24 bits per heavy atom. The number of aromatic nitrogens is 2. The second-order valence-corrected chi connectivity index (χ2v) is 4.22. The molecule has 1 aromatic carbocycles. The molecule has 17 heavy (non-hydrogen) atoms. The molecule has 1 amide bonds. The number of hydrogen-bond acceptors (Lipinski definition) is 3. The van der Waals surface area contributed by atoms with Gasteiger partial charge in [0.05, 0.1) is 17.4 Å². The van der Waals surface area contributed by atoms with Crippen molar-refractivity contribution in [1.82, 2.24) is 9.78 Å². The summed E-state index contributed by atoms with van der Waals surface area (Å²) in [4.78, 5) is 21.5. The van der Waals surface area contributed by atoms with Crippen LogP contribution in [0.5, 0.6) is 0 Å². The van der Waals surface area contributed by atoms with Gasteiger partial charge in [-0.05, 0) is 34.1 Å². The summed E-state index contributed by atoms with van der Waals surface area (Å²) < 4.78 is 2.22. The zero-order valence-electron chi connectivity index (χ0n) is 8.63. The van der Waals surface area contributed by atoms with E-state index in [1.54, 1.807) is 18.2 Å². The fourth-order valence-corrected chi connectivity index (χ4v) is 1.94. The van der Waals surface area contributed by atoms with Crippen molar-refractivity contribution < 1.29 is 9.59 Å². The van der Waals surface area contributed by atoms with Gasteiger partial charge in [-0.3, -0.25) is 9.59 Å². The SMILES string of the molecule is NC(=O)c1cnn(-c2ccc(C=O)cc2Br)c1. The molecule has 2 rings (SSSR count). The van der Waals surface area contributed by atoms with Crippen LogP contribution < -0.4 is 5.73 Å². The van der Waals surface area contributed by atoms with Gasteiger partial charge in [0.1, 0.15) is 6.29 Å². The van der Waals surface area contributed by atoms with Gasteiger partial charge in [-0.25, -0.2) is 4.68 Å². The number of rotatable bonds is 3.